The van der Waals surface area contributed by atoms with Crippen LogP contribution < -0.4 is 5.32 Å². The molecule has 1 aromatic heterocycles. The summed E-state index contributed by atoms with van der Waals surface area (Å²) in [5, 5.41) is 14.3. The Bertz CT molecular complexity index is 1440. The summed E-state index contributed by atoms with van der Waals surface area (Å²) in [5.74, 6) is -0.897. The summed E-state index contributed by atoms with van der Waals surface area (Å²) in [6.45, 7) is 1.68. The lowest BCUT2D eigenvalue weighted by Gasteiger charge is -2.34. The number of pyridine rings is 1. The molecule has 1 saturated carbocycles. The number of nitrogens with one attached hydrogen (secondary N) is 1. The van der Waals surface area contributed by atoms with E-state index in [-0.39, 0.29) is 17.7 Å². The number of carbonyl (C=O) groups is 2. The molecule has 0 bridgehead atoms. The number of carboxylic acid groups (broad SMARTS) is 1. The zero-order chi connectivity index (χ0) is 27.4. The molecule has 1 heterocycles. The van der Waals surface area contributed by atoms with E-state index in [1.54, 1.807) is 19.1 Å². The molecule has 0 aliphatic heterocycles. The van der Waals surface area contributed by atoms with Crippen molar-refractivity contribution in [1.29, 1.82) is 0 Å². The first-order valence-electron chi connectivity index (χ1n) is 13.6. The Morgan fingerprint density at radius 3 is 2.33 bits per heavy atom. The Balaban J connectivity index is 1.34. The molecule has 3 aromatic carbocycles. The Kier molecular flexibility index (Phi) is 8.27. The van der Waals surface area contributed by atoms with Crippen LogP contribution in [0.5, 0.6) is 0 Å². The van der Waals surface area contributed by atoms with Crippen LogP contribution in [-0.2, 0) is 16.0 Å². The summed E-state index contributed by atoms with van der Waals surface area (Å²) in [7, 11) is 0. The first-order valence-corrected chi connectivity index (χ1v) is 14.0. The lowest BCUT2D eigenvalue weighted by Crippen LogP contribution is -2.33. The molecular formula is C33H33ClN2O3. The maximum absolute atomic E-state index is 13.7. The summed E-state index contributed by atoms with van der Waals surface area (Å²) in [6.07, 6.45) is 6.49. The number of carboxylic acids is 1. The van der Waals surface area contributed by atoms with Crippen LogP contribution in [0.15, 0.2) is 85.1 Å². The van der Waals surface area contributed by atoms with E-state index in [4.69, 9.17) is 11.6 Å². The average Bonchev–Trinajstić information content (AvgIpc) is 2.97. The summed E-state index contributed by atoms with van der Waals surface area (Å²) in [4.78, 5) is 29.6. The van der Waals surface area contributed by atoms with Gasteiger partial charge >= 0.3 is 5.97 Å². The molecule has 6 heteroatoms. The molecule has 4 aromatic rings. The second-order valence-electron chi connectivity index (χ2n) is 10.6. The van der Waals surface area contributed by atoms with Gasteiger partial charge in [0.05, 0.1) is 11.4 Å². The molecule has 5 nitrogen and oxygen atoms in total. The Morgan fingerprint density at radius 1 is 0.949 bits per heavy atom. The van der Waals surface area contributed by atoms with Crippen molar-refractivity contribution in [3.8, 4) is 0 Å². The second kappa shape index (κ2) is 12.0. The van der Waals surface area contributed by atoms with Gasteiger partial charge in [-0.1, -0.05) is 54.1 Å². The van der Waals surface area contributed by atoms with Gasteiger partial charge in [0.25, 0.3) is 0 Å². The zero-order valence-corrected chi connectivity index (χ0v) is 22.8. The standard InChI is InChI=1S/C33H33ClN2O3/c1-21(33(38)39)23-8-6-22(7-9-23)20-30(32(37)36-27-16-14-26(34)15-17-27)25-12-10-24(11-13-25)28-18-19-35-31-5-3-2-4-29(28)31/h2-9,14-19,21,24-25,30H,10-13,20H2,1H3,(H,36,37)(H,38,39)/t21?,24?,25?,30-/m1/s1. The van der Waals surface area contributed by atoms with Crippen LogP contribution in [0, 0.1) is 11.8 Å². The van der Waals surface area contributed by atoms with Crippen molar-refractivity contribution < 1.29 is 14.7 Å². The summed E-state index contributed by atoms with van der Waals surface area (Å²) in [6, 6.07) is 25.3. The van der Waals surface area contributed by atoms with Crippen molar-refractivity contribution in [2.24, 2.45) is 11.8 Å². The van der Waals surface area contributed by atoms with Gasteiger partial charge in [0.15, 0.2) is 0 Å². The third-order valence-electron chi connectivity index (χ3n) is 8.22. The van der Waals surface area contributed by atoms with Gasteiger partial charge in [-0.25, -0.2) is 0 Å². The first kappa shape index (κ1) is 26.9. The SMILES string of the molecule is CC(C(=O)O)c1ccc(C[C@@H](C(=O)Nc2ccc(Cl)cc2)C2CCC(c3ccnc4ccccc34)CC2)cc1. The molecule has 200 valence electrons. The Labute approximate surface area is 234 Å². The number of amides is 1. The molecule has 0 radical (unpaired) electrons. The van der Waals surface area contributed by atoms with Crippen LogP contribution in [0.1, 0.15) is 61.1 Å². The van der Waals surface area contributed by atoms with Gasteiger partial charge in [0.1, 0.15) is 0 Å². The number of hydrogen-bond donors (Lipinski definition) is 2. The van der Waals surface area contributed by atoms with Gasteiger partial charge in [-0.05, 0) is 104 Å². The second-order valence-corrected chi connectivity index (χ2v) is 11.1. The summed E-state index contributed by atoms with van der Waals surface area (Å²) >= 11 is 6.04. The maximum Gasteiger partial charge on any atom is 0.310 e. The number of para-hydroxylation sites is 1. The van der Waals surface area contributed by atoms with Gasteiger partial charge in [-0.15, -0.1) is 0 Å². The van der Waals surface area contributed by atoms with E-state index in [2.05, 4.69) is 34.6 Å². The number of aromatic nitrogens is 1. The molecule has 1 unspecified atom stereocenters. The maximum atomic E-state index is 13.7. The van der Waals surface area contributed by atoms with Gasteiger partial charge in [-0.2, -0.15) is 0 Å². The van der Waals surface area contributed by atoms with Gasteiger partial charge in [-0.3, -0.25) is 14.6 Å². The van der Waals surface area contributed by atoms with E-state index in [0.29, 0.717) is 17.4 Å². The minimum Gasteiger partial charge on any atom is -0.481 e. The molecule has 2 N–H and O–H groups in total. The van der Waals surface area contributed by atoms with Crippen LogP contribution in [0.2, 0.25) is 5.02 Å². The molecule has 1 aliphatic rings. The third kappa shape index (κ3) is 6.31. The van der Waals surface area contributed by atoms with E-state index in [1.807, 2.05) is 48.7 Å². The quantitative estimate of drug-likeness (QED) is 0.238. The first-order chi connectivity index (χ1) is 18.9. The molecule has 1 amide bonds. The van der Waals surface area contributed by atoms with Crippen LogP contribution in [-0.4, -0.2) is 22.0 Å². The number of rotatable bonds is 8. The minimum atomic E-state index is -0.846. The zero-order valence-electron chi connectivity index (χ0n) is 22.0. The molecule has 1 aliphatic carbocycles. The van der Waals surface area contributed by atoms with Gasteiger partial charge in [0.2, 0.25) is 5.91 Å². The number of nitrogens with zero attached hydrogens (tertiary/aromatic N) is 1. The normalized spacial score (nSPS) is 18.8. The van der Waals surface area contributed by atoms with Crippen molar-refractivity contribution >= 4 is 40.1 Å². The van der Waals surface area contributed by atoms with Gasteiger partial charge in [0, 0.05) is 28.2 Å². The lowest BCUT2D eigenvalue weighted by molar-refractivity contribution is -0.138. The van der Waals surface area contributed by atoms with Crippen LogP contribution in [0.25, 0.3) is 10.9 Å². The number of benzene rings is 3. The van der Waals surface area contributed by atoms with Crippen LogP contribution in [0.3, 0.4) is 0 Å². The molecule has 39 heavy (non-hydrogen) atoms. The molecule has 1 fully saturated rings. The molecular weight excluding hydrogens is 508 g/mol. The topological polar surface area (TPSA) is 79.3 Å². The van der Waals surface area contributed by atoms with E-state index in [9.17, 15) is 14.7 Å². The predicted molar refractivity (Wildman–Crippen MR) is 156 cm³/mol. The number of anilines is 1. The average molecular weight is 541 g/mol. The minimum absolute atomic E-state index is 0.0121. The number of hydrogen-bond acceptors (Lipinski definition) is 3. The van der Waals surface area contributed by atoms with Crippen LogP contribution in [0.4, 0.5) is 5.69 Å². The fourth-order valence-corrected chi connectivity index (χ4v) is 6.01. The highest BCUT2D eigenvalue weighted by Crippen LogP contribution is 2.41. The molecule has 0 saturated heterocycles. The van der Waals surface area contributed by atoms with E-state index in [1.165, 1.54) is 10.9 Å². The highest BCUT2D eigenvalue weighted by atomic mass is 35.5. The highest BCUT2D eigenvalue weighted by Gasteiger charge is 2.33. The number of aliphatic carboxylic acids is 1. The van der Waals surface area contributed by atoms with Crippen molar-refractivity contribution in [2.45, 2.75) is 50.9 Å². The Morgan fingerprint density at radius 2 is 1.64 bits per heavy atom. The van der Waals surface area contributed by atoms with Crippen molar-refractivity contribution in [2.75, 3.05) is 5.32 Å². The van der Waals surface area contributed by atoms with Gasteiger partial charge < -0.3 is 10.4 Å². The number of carbonyl (C=O) groups excluding carboxylic acids is 1. The van der Waals surface area contributed by atoms with E-state index in [0.717, 1.165) is 48.0 Å². The van der Waals surface area contributed by atoms with Crippen molar-refractivity contribution in [1.82, 2.24) is 4.98 Å². The summed E-state index contributed by atoms with van der Waals surface area (Å²) in [5.41, 5.74) is 4.91. The van der Waals surface area contributed by atoms with Crippen LogP contribution >= 0.6 is 11.6 Å². The van der Waals surface area contributed by atoms with E-state index >= 15 is 0 Å². The fraction of sp³-hybridized carbons (Fsp3) is 0.303. The molecule has 0 spiro atoms. The third-order valence-corrected chi connectivity index (χ3v) is 8.47. The van der Waals surface area contributed by atoms with Crippen molar-refractivity contribution in [3.63, 3.8) is 0 Å². The predicted octanol–water partition coefficient (Wildman–Crippen LogP) is 7.85. The lowest BCUT2D eigenvalue weighted by atomic mass is 9.71. The van der Waals surface area contributed by atoms with E-state index < -0.39 is 11.9 Å². The fourth-order valence-electron chi connectivity index (χ4n) is 5.89. The Hall–Kier alpha value is -3.70. The highest BCUT2D eigenvalue weighted by molar-refractivity contribution is 6.30. The van der Waals surface area contributed by atoms with Crippen molar-refractivity contribution in [3.05, 3.63) is 107 Å². The number of fused-ring (bicyclic) bond motifs is 1. The smallest absolute Gasteiger partial charge is 0.310 e. The molecule has 2 atom stereocenters. The molecule has 5 rings (SSSR count). The largest absolute Gasteiger partial charge is 0.481 e. The number of halogens is 1. The summed E-state index contributed by atoms with van der Waals surface area (Å²) < 4.78 is 0. The monoisotopic (exact) mass is 540 g/mol.